The minimum Gasteiger partial charge on any atom is -0.324 e. The molecule has 1 amide bonds. The van der Waals surface area contributed by atoms with Gasteiger partial charge in [0, 0.05) is 17.1 Å². The van der Waals surface area contributed by atoms with E-state index in [1.807, 2.05) is 0 Å². The van der Waals surface area contributed by atoms with Crippen LogP contribution in [0.5, 0.6) is 0 Å². The Morgan fingerprint density at radius 2 is 1.76 bits per heavy atom. The van der Waals surface area contributed by atoms with Gasteiger partial charge < -0.3 is 5.32 Å². The molecule has 0 unspecified atom stereocenters. The highest BCUT2D eigenvalue weighted by molar-refractivity contribution is 7.99. The molecule has 0 aliphatic carbocycles. The third-order valence-electron chi connectivity index (χ3n) is 2.64. The molecule has 0 aromatic heterocycles. The molecule has 0 saturated heterocycles. The summed E-state index contributed by atoms with van der Waals surface area (Å²) in [6.07, 6.45) is 0.137. The quantitative estimate of drug-likeness (QED) is 0.838. The number of anilines is 1. The molecule has 2 rings (SSSR count). The van der Waals surface area contributed by atoms with Gasteiger partial charge in [-0.2, -0.15) is 0 Å². The van der Waals surface area contributed by atoms with Gasteiger partial charge in [0.05, 0.1) is 5.69 Å². The largest absolute Gasteiger partial charge is 0.324 e. The number of nitrogens with one attached hydrogen (secondary N) is 1. The summed E-state index contributed by atoms with van der Waals surface area (Å²) in [7, 11) is 0. The van der Waals surface area contributed by atoms with Crippen LogP contribution in [0.4, 0.5) is 18.9 Å². The molecule has 0 saturated carbocycles. The van der Waals surface area contributed by atoms with Gasteiger partial charge in [0.2, 0.25) is 5.91 Å². The van der Waals surface area contributed by atoms with Crippen LogP contribution < -0.4 is 5.32 Å². The number of carbonyl (C=O) groups is 1. The van der Waals surface area contributed by atoms with Gasteiger partial charge in [0.1, 0.15) is 5.82 Å². The van der Waals surface area contributed by atoms with Crippen LogP contribution in [0.15, 0.2) is 47.4 Å². The summed E-state index contributed by atoms with van der Waals surface area (Å²) in [6.45, 7) is 0. The second-order valence-electron chi connectivity index (χ2n) is 4.20. The zero-order chi connectivity index (χ0) is 15.2. The Balaban J connectivity index is 1.82. The molecule has 1 N–H and O–H groups in total. The molecule has 0 spiro atoms. The third-order valence-corrected chi connectivity index (χ3v) is 3.63. The Hall–Kier alpha value is -1.95. The fourth-order valence-corrected chi connectivity index (χ4v) is 2.48. The highest BCUT2D eigenvalue weighted by Crippen LogP contribution is 2.21. The van der Waals surface area contributed by atoms with Crippen LogP contribution in [0.3, 0.4) is 0 Å². The van der Waals surface area contributed by atoms with Crippen LogP contribution in [-0.4, -0.2) is 11.7 Å². The number of rotatable bonds is 5. The van der Waals surface area contributed by atoms with Gasteiger partial charge in [-0.15, -0.1) is 11.8 Å². The fourth-order valence-electron chi connectivity index (χ4n) is 1.60. The number of carbonyl (C=O) groups excluding carboxylic acids is 1. The van der Waals surface area contributed by atoms with Gasteiger partial charge >= 0.3 is 0 Å². The summed E-state index contributed by atoms with van der Waals surface area (Å²) < 4.78 is 39.1. The van der Waals surface area contributed by atoms with Crippen LogP contribution in [0.25, 0.3) is 0 Å². The maximum absolute atomic E-state index is 13.3. The van der Waals surface area contributed by atoms with Crippen LogP contribution in [0.2, 0.25) is 0 Å². The highest BCUT2D eigenvalue weighted by atomic mass is 32.2. The monoisotopic (exact) mass is 311 g/mol. The summed E-state index contributed by atoms with van der Waals surface area (Å²) in [4.78, 5) is 12.2. The second kappa shape index (κ2) is 7.17. The molecule has 0 heterocycles. The van der Waals surface area contributed by atoms with E-state index in [-0.39, 0.29) is 18.0 Å². The van der Waals surface area contributed by atoms with Gasteiger partial charge in [-0.1, -0.05) is 12.1 Å². The first-order valence-corrected chi connectivity index (χ1v) is 7.17. The van der Waals surface area contributed by atoms with Crippen LogP contribution in [0, 0.1) is 17.5 Å². The van der Waals surface area contributed by atoms with Gasteiger partial charge in [0.25, 0.3) is 0 Å². The van der Waals surface area contributed by atoms with E-state index < -0.39 is 17.5 Å². The molecule has 2 aromatic carbocycles. The number of halogens is 3. The topological polar surface area (TPSA) is 29.1 Å². The minimum absolute atomic E-state index is 0.125. The van der Waals surface area contributed by atoms with Crippen molar-refractivity contribution in [2.75, 3.05) is 11.1 Å². The average Bonchev–Trinajstić information content (AvgIpc) is 2.45. The van der Waals surface area contributed by atoms with Gasteiger partial charge in [-0.3, -0.25) is 4.79 Å². The van der Waals surface area contributed by atoms with Crippen molar-refractivity contribution in [1.29, 1.82) is 0 Å². The summed E-state index contributed by atoms with van der Waals surface area (Å²) in [5.74, 6) is -2.28. The van der Waals surface area contributed by atoms with Crippen molar-refractivity contribution in [1.82, 2.24) is 0 Å². The first-order chi connectivity index (χ1) is 10.1. The van der Waals surface area contributed by atoms with Crippen molar-refractivity contribution < 1.29 is 18.0 Å². The number of hydrogen-bond acceptors (Lipinski definition) is 2. The van der Waals surface area contributed by atoms with E-state index >= 15 is 0 Å². The van der Waals surface area contributed by atoms with Crippen molar-refractivity contribution >= 4 is 23.4 Å². The second-order valence-corrected chi connectivity index (χ2v) is 5.37. The number of para-hydroxylation sites is 1. The zero-order valence-corrected chi connectivity index (χ0v) is 11.7. The summed E-state index contributed by atoms with van der Waals surface area (Å²) in [5, 5.41) is 2.46. The molecule has 2 nitrogen and oxygen atoms in total. The van der Waals surface area contributed by atoms with E-state index in [0.29, 0.717) is 10.6 Å². The summed E-state index contributed by atoms with van der Waals surface area (Å²) in [5.41, 5.74) is 0.125. The molecular weight excluding hydrogens is 299 g/mol. The van der Waals surface area contributed by atoms with E-state index in [9.17, 15) is 18.0 Å². The Labute approximate surface area is 124 Å². The first kappa shape index (κ1) is 15.4. The number of thioether (sulfide) groups is 1. The molecular formula is C15H12F3NOS. The van der Waals surface area contributed by atoms with Crippen molar-refractivity contribution in [2.45, 2.75) is 11.3 Å². The lowest BCUT2D eigenvalue weighted by Crippen LogP contribution is -2.13. The zero-order valence-electron chi connectivity index (χ0n) is 10.9. The maximum Gasteiger partial charge on any atom is 0.225 e. The van der Waals surface area contributed by atoms with Gasteiger partial charge in [-0.05, 0) is 30.3 Å². The van der Waals surface area contributed by atoms with Gasteiger partial charge in [-0.25, -0.2) is 13.2 Å². The molecule has 0 atom stereocenters. The molecule has 0 bridgehead atoms. The molecule has 0 aliphatic heterocycles. The summed E-state index contributed by atoms with van der Waals surface area (Å²) >= 11 is 1.23. The molecule has 2 aromatic rings. The molecule has 6 heteroatoms. The maximum atomic E-state index is 13.3. The molecule has 21 heavy (non-hydrogen) atoms. The van der Waals surface area contributed by atoms with Crippen molar-refractivity contribution in [3.8, 4) is 0 Å². The lowest BCUT2D eigenvalue weighted by atomic mass is 10.3. The van der Waals surface area contributed by atoms with Crippen LogP contribution in [0.1, 0.15) is 6.42 Å². The average molecular weight is 311 g/mol. The van der Waals surface area contributed by atoms with E-state index in [1.54, 1.807) is 6.07 Å². The third kappa shape index (κ3) is 4.53. The predicted molar refractivity (Wildman–Crippen MR) is 76.7 cm³/mol. The van der Waals surface area contributed by atoms with Crippen molar-refractivity contribution in [3.05, 3.63) is 59.9 Å². The fraction of sp³-hybridized carbons (Fsp3) is 0.133. The highest BCUT2D eigenvalue weighted by Gasteiger charge is 2.07. The molecule has 0 aliphatic rings. The van der Waals surface area contributed by atoms with Crippen molar-refractivity contribution in [2.24, 2.45) is 0 Å². The first-order valence-electron chi connectivity index (χ1n) is 6.18. The Bertz CT molecular complexity index is 649. The Kier molecular flexibility index (Phi) is 5.27. The normalized spacial score (nSPS) is 10.4. The number of amides is 1. The van der Waals surface area contributed by atoms with E-state index in [2.05, 4.69) is 5.32 Å². The SMILES string of the molecule is O=C(CCSc1ccc(F)c(F)c1)Nc1ccccc1F. The van der Waals surface area contributed by atoms with Crippen molar-refractivity contribution in [3.63, 3.8) is 0 Å². The Morgan fingerprint density at radius 3 is 2.48 bits per heavy atom. The van der Waals surface area contributed by atoms with Gasteiger partial charge in [0.15, 0.2) is 11.6 Å². The Morgan fingerprint density at radius 1 is 1.00 bits per heavy atom. The van der Waals surface area contributed by atoms with Crippen LogP contribution >= 0.6 is 11.8 Å². The standard InChI is InChI=1S/C15H12F3NOS/c16-11-6-5-10(9-13(11)18)21-8-7-15(20)19-14-4-2-1-3-12(14)17/h1-6,9H,7-8H2,(H,19,20). The van der Waals surface area contributed by atoms with E-state index in [4.69, 9.17) is 0 Å². The minimum atomic E-state index is -0.921. The summed E-state index contributed by atoms with van der Waals surface area (Å²) in [6, 6.07) is 9.43. The lowest BCUT2D eigenvalue weighted by molar-refractivity contribution is -0.115. The smallest absolute Gasteiger partial charge is 0.225 e. The molecule has 110 valence electrons. The van der Waals surface area contributed by atoms with Crippen LogP contribution in [-0.2, 0) is 4.79 Å². The lowest BCUT2D eigenvalue weighted by Gasteiger charge is -2.06. The number of benzene rings is 2. The molecule has 0 radical (unpaired) electrons. The number of hydrogen-bond donors (Lipinski definition) is 1. The van der Waals surface area contributed by atoms with E-state index in [1.165, 1.54) is 36.0 Å². The predicted octanol–water partition coefficient (Wildman–Crippen LogP) is 4.22. The molecule has 0 fully saturated rings. The van der Waals surface area contributed by atoms with E-state index in [0.717, 1.165) is 12.1 Å².